The quantitative estimate of drug-likeness (QED) is 0.461. The van der Waals surface area contributed by atoms with E-state index in [1.165, 1.54) is 4.68 Å². The van der Waals surface area contributed by atoms with Gasteiger partial charge >= 0.3 is 0 Å². The average molecular weight is 432 g/mol. The van der Waals surface area contributed by atoms with Crippen LogP contribution in [-0.2, 0) is 11.3 Å². The van der Waals surface area contributed by atoms with Gasteiger partial charge in [0.05, 0.1) is 11.0 Å². The Labute approximate surface area is 184 Å². The maximum absolute atomic E-state index is 12.9. The van der Waals surface area contributed by atoms with Crippen LogP contribution < -0.4 is 21.1 Å². The van der Waals surface area contributed by atoms with Crippen LogP contribution in [-0.4, -0.2) is 28.2 Å². The van der Waals surface area contributed by atoms with Gasteiger partial charge in [-0.1, -0.05) is 56.2 Å². The Morgan fingerprint density at radius 2 is 1.72 bits per heavy atom. The van der Waals surface area contributed by atoms with Gasteiger partial charge in [-0.05, 0) is 24.6 Å². The number of carbonyl (C=O) groups is 2. The van der Waals surface area contributed by atoms with Crippen LogP contribution in [0.3, 0.4) is 0 Å². The summed E-state index contributed by atoms with van der Waals surface area (Å²) in [5.41, 5.74) is 5.85. The van der Waals surface area contributed by atoms with Crippen molar-refractivity contribution in [2.75, 3.05) is 6.61 Å². The molecule has 0 saturated carbocycles. The van der Waals surface area contributed by atoms with E-state index in [2.05, 4.69) is 22.9 Å². The second-order valence-electron chi connectivity index (χ2n) is 7.53. The number of nitrogens with one attached hydrogen (secondary N) is 2. The molecule has 4 rings (SSSR count). The summed E-state index contributed by atoms with van der Waals surface area (Å²) >= 11 is 0. The molecule has 2 amide bonds. The Morgan fingerprint density at radius 1 is 1.00 bits per heavy atom. The lowest BCUT2D eigenvalue weighted by Crippen LogP contribution is -2.44. The van der Waals surface area contributed by atoms with Gasteiger partial charge in [0.1, 0.15) is 12.4 Å². The lowest BCUT2D eigenvalue weighted by Gasteiger charge is -2.17. The van der Waals surface area contributed by atoms with Crippen molar-refractivity contribution in [1.82, 2.24) is 20.6 Å². The SMILES string of the molecule is CCCCCn1nc(C(=O)NNC(=O)C2=Cc3ccccc3OC2)c2ccccc2c1=O. The molecule has 32 heavy (non-hydrogen) atoms. The second kappa shape index (κ2) is 9.47. The summed E-state index contributed by atoms with van der Waals surface area (Å²) in [6.07, 6.45) is 4.47. The monoisotopic (exact) mass is 432 g/mol. The van der Waals surface area contributed by atoms with E-state index in [0.717, 1.165) is 24.8 Å². The highest BCUT2D eigenvalue weighted by Crippen LogP contribution is 2.25. The molecule has 2 aromatic carbocycles. The van der Waals surface area contributed by atoms with Gasteiger partial charge in [-0.15, -0.1) is 0 Å². The molecule has 0 fully saturated rings. The zero-order valence-corrected chi connectivity index (χ0v) is 17.8. The molecule has 8 heteroatoms. The van der Waals surface area contributed by atoms with Gasteiger partial charge < -0.3 is 4.74 Å². The Kier molecular flexibility index (Phi) is 6.30. The van der Waals surface area contributed by atoms with Crippen LogP contribution in [0.25, 0.3) is 16.8 Å². The zero-order chi connectivity index (χ0) is 22.5. The molecule has 0 unspecified atom stereocenters. The number of unbranched alkanes of at least 4 members (excludes halogenated alkanes) is 2. The number of hydrogen-bond donors (Lipinski definition) is 2. The summed E-state index contributed by atoms with van der Waals surface area (Å²) in [4.78, 5) is 38.2. The first kappa shape index (κ1) is 21.3. The van der Waals surface area contributed by atoms with Gasteiger partial charge in [-0.25, -0.2) is 4.68 Å². The third-order valence-electron chi connectivity index (χ3n) is 5.27. The predicted octanol–water partition coefficient (Wildman–Crippen LogP) is 2.82. The van der Waals surface area contributed by atoms with Gasteiger partial charge in [0.25, 0.3) is 17.4 Å². The molecule has 1 aliphatic heterocycles. The van der Waals surface area contributed by atoms with Crippen molar-refractivity contribution in [2.45, 2.75) is 32.7 Å². The average Bonchev–Trinajstić information content (AvgIpc) is 2.83. The van der Waals surface area contributed by atoms with Crippen molar-refractivity contribution in [2.24, 2.45) is 0 Å². The largest absolute Gasteiger partial charge is 0.488 e. The van der Waals surface area contributed by atoms with Crippen molar-refractivity contribution in [1.29, 1.82) is 0 Å². The number of para-hydroxylation sites is 1. The van der Waals surface area contributed by atoms with Crippen LogP contribution >= 0.6 is 0 Å². The fourth-order valence-electron chi connectivity index (χ4n) is 3.57. The number of amides is 2. The van der Waals surface area contributed by atoms with Crippen LogP contribution in [0.1, 0.15) is 42.2 Å². The smallest absolute Gasteiger partial charge is 0.290 e. The third-order valence-corrected chi connectivity index (χ3v) is 5.27. The molecule has 1 aromatic heterocycles. The number of carbonyl (C=O) groups excluding carboxylic acids is 2. The number of aryl methyl sites for hydroxylation is 1. The summed E-state index contributed by atoms with van der Waals surface area (Å²) in [5.74, 6) is -0.376. The molecule has 0 bridgehead atoms. The molecule has 0 saturated heterocycles. The van der Waals surface area contributed by atoms with Crippen LogP contribution in [0, 0.1) is 0 Å². The van der Waals surface area contributed by atoms with Gasteiger partial charge in [0.2, 0.25) is 0 Å². The Balaban J connectivity index is 1.54. The first-order valence-electron chi connectivity index (χ1n) is 10.6. The van der Waals surface area contributed by atoms with Gasteiger partial charge in [0, 0.05) is 17.5 Å². The lowest BCUT2D eigenvalue weighted by molar-refractivity contribution is -0.118. The van der Waals surface area contributed by atoms with E-state index < -0.39 is 11.8 Å². The number of benzene rings is 2. The van der Waals surface area contributed by atoms with E-state index in [4.69, 9.17) is 4.74 Å². The fraction of sp³-hybridized carbons (Fsp3) is 0.250. The van der Waals surface area contributed by atoms with Crippen molar-refractivity contribution in [3.05, 3.63) is 75.7 Å². The molecule has 164 valence electrons. The molecule has 8 nitrogen and oxygen atoms in total. The van der Waals surface area contributed by atoms with E-state index in [1.54, 1.807) is 30.3 Å². The van der Waals surface area contributed by atoms with E-state index in [9.17, 15) is 14.4 Å². The van der Waals surface area contributed by atoms with Crippen molar-refractivity contribution < 1.29 is 14.3 Å². The fourth-order valence-corrected chi connectivity index (χ4v) is 3.57. The number of fused-ring (bicyclic) bond motifs is 2. The summed E-state index contributed by atoms with van der Waals surface area (Å²) < 4.78 is 6.91. The molecule has 1 aliphatic rings. The Hall–Kier alpha value is -3.94. The summed E-state index contributed by atoms with van der Waals surface area (Å²) in [6, 6.07) is 14.2. The minimum atomic E-state index is -0.600. The summed E-state index contributed by atoms with van der Waals surface area (Å²) in [7, 11) is 0. The number of ether oxygens (including phenoxy) is 1. The first-order chi connectivity index (χ1) is 15.6. The lowest BCUT2D eigenvalue weighted by atomic mass is 10.1. The van der Waals surface area contributed by atoms with Crippen molar-refractivity contribution in [3.63, 3.8) is 0 Å². The van der Waals surface area contributed by atoms with Crippen LogP contribution in [0.4, 0.5) is 0 Å². The van der Waals surface area contributed by atoms with Crippen LogP contribution in [0.5, 0.6) is 5.75 Å². The van der Waals surface area contributed by atoms with Gasteiger partial charge in [-0.3, -0.25) is 25.2 Å². The number of aromatic nitrogens is 2. The molecule has 0 atom stereocenters. The number of hydrazine groups is 1. The number of rotatable bonds is 6. The minimum absolute atomic E-state index is 0.0798. The number of nitrogens with zero attached hydrogens (tertiary/aromatic N) is 2. The second-order valence-corrected chi connectivity index (χ2v) is 7.53. The van der Waals surface area contributed by atoms with E-state index in [1.807, 2.05) is 24.3 Å². The van der Waals surface area contributed by atoms with Gasteiger partial charge in [0.15, 0.2) is 5.69 Å². The van der Waals surface area contributed by atoms with Crippen LogP contribution in [0.15, 0.2) is 58.9 Å². The first-order valence-corrected chi connectivity index (χ1v) is 10.6. The molecular weight excluding hydrogens is 408 g/mol. The standard InChI is InChI=1S/C24H24N4O4/c1-2-3-8-13-28-24(31)19-11-6-5-10-18(19)21(27-28)23(30)26-25-22(29)17-14-16-9-4-7-12-20(16)32-15-17/h4-7,9-12,14H,2-3,8,13,15H2,1H3,(H,25,29)(H,26,30). The predicted molar refractivity (Wildman–Crippen MR) is 121 cm³/mol. The number of hydrogen-bond acceptors (Lipinski definition) is 5. The van der Waals surface area contributed by atoms with Crippen LogP contribution in [0.2, 0.25) is 0 Å². The minimum Gasteiger partial charge on any atom is -0.488 e. The summed E-state index contributed by atoms with van der Waals surface area (Å²) in [6.45, 7) is 2.60. The van der Waals surface area contributed by atoms with E-state index in [-0.39, 0.29) is 17.9 Å². The van der Waals surface area contributed by atoms with E-state index >= 15 is 0 Å². The molecule has 0 aliphatic carbocycles. The third kappa shape index (κ3) is 4.39. The highest BCUT2D eigenvalue weighted by molar-refractivity contribution is 6.06. The topological polar surface area (TPSA) is 102 Å². The Bertz CT molecular complexity index is 1260. The normalized spacial score (nSPS) is 12.5. The highest BCUT2D eigenvalue weighted by Gasteiger charge is 2.20. The van der Waals surface area contributed by atoms with Gasteiger partial charge in [-0.2, -0.15) is 5.10 Å². The molecule has 2 heterocycles. The molecule has 3 aromatic rings. The molecular formula is C24H24N4O4. The summed E-state index contributed by atoms with van der Waals surface area (Å²) in [5, 5.41) is 5.14. The zero-order valence-electron chi connectivity index (χ0n) is 17.8. The highest BCUT2D eigenvalue weighted by atomic mass is 16.5. The maximum atomic E-state index is 12.9. The maximum Gasteiger partial charge on any atom is 0.290 e. The van der Waals surface area contributed by atoms with E-state index in [0.29, 0.717) is 28.6 Å². The van der Waals surface area contributed by atoms with Crippen molar-refractivity contribution in [3.8, 4) is 5.75 Å². The molecule has 0 spiro atoms. The molecule has 2 N–H and O–H groups in total. The van der Waals surface area contributed by atoms with Crippen molar-refractivity contribution >= 4 is 28.7 Å². The molecule has 0 radical (unpaired) electrons. The Morgan fingerprint density at radius 3 is 2.53 bits per heavy atom.